The Bertz CT molecular complexity index is 922. The number of benzene rings is 1. The molecule has 0 bridgehead atoms. The third kappa shape index (κ3) is 3.21. The number of nitrogens with zero attached hydrogens (tertiary/aromatic N) is 4. The number of imidazole rings is 1. The average molecular weight is 390 g/mol. The van der Waals surface area contributed by atoms with Crippen molar-refractivity contribution in [3.8, 4) is 5.69 Å². The summed E-state index contributed by atoms with van der Waals surface area (Å²) in [6.07, 6.45) is 3.95. The Balaban J connectivity index is 1.60. The second-order valence-corrected chi connectivity index (χ2v) is 7.66. The van der Waals surface area contributed by atoms with E-state index in [0.29, 0.717) is 16.0 Å². The maximum atomic E-state index is 6.41. The summed E-state index contributed by atoms with van der Waals surface area (Å²) in [6.45, 7) is 6.00. The van der Waals surface area contributed by atoms with Crippen molar-refractivity contribution in [3.05, 3.63) is 57.7 Å². The highest BCUT2D eigenvalue weighted by Crippen LogP contribution is 2.33. The van der Waals surface area contributed by atoms with E-state index in [4.69, 9.17) is 23.2 Å². The molecule has 0 radical (unpaired) electrons. The van der Waals surface area contributed by atoms with Crippen molar-refractivity contribution in [2.24, 2.45) is 0 Å². The third-order valence-electron chi connectivity index (χ3n) is 5.04. The fourth-order valence-electron chi connectivity index (χ4n) is 3.72. The molecule has 1 saturated heterocycles. The predicted octanol–water partition coefficient (Wildman–Crippen LogP) is 4.90. The molecule has 3 aromatic rings. The maximum Gasteiger partial charge on any atom is 0.132 e. The largest absolute Gasteiger partial charge is 0.356 e. The van der Waals surface area contributed by atoms with Crippen molar-refractivity contribution >= 4 is 29.0 Å². The summed E-state index contributed by atoms with van der Waals surface area (Å²) < 4.78 is 1.91. The Hall–Kier alpha value is -1.98. The highest BCUT2D eigenvalue weighted by molar-refractivity contribution is 6.34. The summed E-state index contributed by atoms with van der Waals surface area (Å²) in [5.74, 6) is 1.59. The molecule has 7 heteroatoms. The lowest BCUT2D eigenvalue weighted by Crippen LogP contribution is -2.34. The van der Waals surface area contributed by atoms with Crippen LogP contribution < -0.4 is 4.90 Å². The van der Waals surface area contributed by atoms with E-state index in [2.05, 4.69) is 33.0 Å². The molecule has 0 amide bonds. The number of nitrogens with one attached hydrogen (secondary N) is 1. The number of hydrogen-bond donors (Lipinski definition) is 1. The molecule has 0 unspecified atom stereocenters. The molecular formula is C19H21Cl2N5. The molecule has 2 aromatic heterocycles. The lowest BCUT2D eigenvalue weighted by atomic mass is 9.92. The van der Waals surface area contributed by atoms with Crippen molar-refractivity contribution in [3.63, 3.8) is 0 Å². The van der Waals surface area contributed by atoms with Crippen LogP contribution in [0.2, 0.25) is 10.0 Å². The maximum absolute atomic E-state index is 6.41. The molecule has 0 aliphatic carbocycles. The normalized spacial score (nSPS) is 15.6. The van der Waals surface area contributed by atoms with Gasteiger partial charge in [-0.3, -0.25) is 0 Å². The molecule has 5 nitrogen and oxygen atoms in total. The number of aromatic amines is 1. The van der Waals surface area contributed by atoms with Crippen molar-refractivity contribution < 1.29 is 0 Å². The monoisotopic (exact) mass is 389 g/mol. The van der Waals surface area contributed by atoms with Crippen LogP contribution in [-0.4, -0.2) is 32.8 Å². The number of H-pyrrole nitrogens is 1. The molecule has 1 aromatic carbocycles. The van der Waals surface area contributed by atoms with Crippen LogP contribution in [0.1, 0.15) is 35.8 Å². The van der Waals surface area contributed by atoms with Gasteiger partial charge in [0.15, 0.2) is 0 Å². The Kier molecular flexibility index (Phi) is 4.67. The summed E-state index contributed by atoms with van der Waals surface area (Å²) >= 11 is 12.6. The molecule has 1 N–H and O–H groups in total. The van der Waals surface area contributed by atoms with E-state index >= 15 is 0 Å². The molecule has 1 fully saturated rings. The smallest absolute Gasteiger partial charge is 0.132 e. The zero-order chi connectivity index (χ0) is 18.3. The SMILES string of the molecule is Cc1cc(N2CCC(c3[nH]cnc3C)CC2)n(-c2cc(Cl)ccc2Cl)n1. The van der Waals surface area contributed by atoms with E-state index in [-0.39, 0.29) is 0 Å². The summed E-state index contributed by atoms with van der Waals surface area (Å²) in [5.41, 5.74) is 4.15. The molecule has 0 spiro atoms. The molecular weight excluding hydrogens is 369 g/mol. The van der Waals surface area contributed by atoms with Gasteiger partial charge in [0.25, 0.3) is 0 Å². The summed E-state index contributed by atoms with van der Waals surface area (Å²) in [5, 5.41) is 5.95. The van der Waals surface area contributed by atoms with Gasteiger partial charge in [-0.2, -0.15) is 5.10 Å². The first-order valence-electron chi connectivity index (χ1n) is 8.80. The van der Waals surface area contributed by atoms with Gasteiger partial charge in [0.2, 0.25) is 0 Å². The minimum absolute atomic E-state index is 0.529. The number of halogens is 2. The lowest BCUT2D eigenvalue weighted by molar-refractivity contribution is 0.490. The standard InChI is InChI=1S/C19H21Cl2N5/c1-12-9-18(26(24-12)17-10-15(20)3-4-16(17)21)25-7-5-14(6-8-25)19-13(2)22-11-23-19/h3-4,9-11,14H,5-8H2,1-2H3,(H,22,23). The van der Waals surface area contributed by atoms with Crippen molar-refractivity contribution in [2.45, 2.75) is 32.6 Å². The first-order chi connectivity index (χ1) is 12.5. The fraction of sp³-hybridized carbons (Fsp3) is 0.368. The Labute approximate surface area is 162 Å². The van der Waals surface area contributed by atoms with Crippen LogP contribution in [-0.2, 0) is 0 Å². The molecule has 26 heavy (non-hydrogen) atoms. The number of aryl methyl sites for hydroxylation is 2. The highest BCUT2D eigenvalue weighted by Gasteiger charge is 2.25. The van der Waals surface area contributed by atoms with Gasteiger partial charge >= 0.3 is 0 Å². The summed E-state index contributed by atoms with van der Waals surface area (Å²) in [6, 6.07) is 7.58. The summed E-state index contributed by atoms with van der Waals surface area (Å²) in [4.78, 5) is 10.0. The van der Waals surface area contributed by atoms with Crippen LogP contribution in [0.4, 0.5) is 5.82 Å². The van der Waals surface area contributed by atoms with E-state index in [1.807, 2.05) is 23.7 Å². The fourth-order valence-corrected chi connectivity index (χ4v) is 4.08. The number of piperidine rings is 1. The van der Waals surface area contributed by atoms with Crippen LogP contribution in [0.15, 0.2) is 30.6 Å². The molecule has 1 aliphatic heterocycles. The zero-order valence-corrected chi connectivity index (χ0v) is 16.3. The molecule has 4 rings (SSSR count). The first-order valence-corrected chi connectivity index (χ1v) is 9.55. The Morgan fingerprint density at radius 1 is 1.12 bits per heavy atom. The topological polar surface area (TPSA) is 49.7 Å². The minimum atomic E-state index is 0.529. The quantitative estimate of drug-likeness (QED) is 0.692. The van der Waals surface area contributed by atoms with E-state index in [0.717, 1.165) is 48.8 Å². The van der Waals surface area contributed by atoms with E-state index < -0.39 is 0 Å². The van der Waals surface area contributed by atoms with Gasteiger partial charge in [-0.1, -0.05) is 23.2 Å². The first kappa shape index (κ1) is 17.4. The van der Waals surface area contributed by atoms with Gasteiger partial charge < -0.3 is 9.88 Å². The Morgan fingerprint density at radius 3 is 2.58 bits per heavy atom. The highest BCUT2D eigenvalue weighted by atomic mass is 35.5. The van der Waals surface area contributed by atoms with Crippen molar-refractivity contribution in [2.75, 3.05) is 18.0 Å². The summed E-state index contributed by atoms with van der Waals surface area (Å²) in [7, 11) is 0. The minimum Gasteiger partial charge on any atom is -0.356 e. The zero-order valence-electron chi connectivity index (χ0n) is 14.8. The van der Waals surface area contributed by atoms with Crippen LogP contribution in [0.25, 0.3) is 5.69 Å². The van der Waals surface area contributed by atoms with E-state index in [1.54, 1.807) is 12.4 Å². The van der Waals surface area contributed by atoms with Gasteiger partial charge in [-0.05, 0) is 44.9 Å². The van der Waals surface area contributed by atoms with Crippen molar-refractivity contribution in [1.29, 1.82) is 0 Å². The van der Waals surface area contributed by atoms with Crippen LogP contribution >= 0.6 is 23.2 Å². The van der Waals surface area contributed by atoms with Crippen LogP contribution in [0.3, 0.4) is 0 Å². The average Bonchev–Trinajstić information content (AvgIpc) is 3.23. The van der Waals surface area contributed by atoms with Gasteiger partial charge in [-0.15, -0.1) is 0 Å². The number of anilines is 1. The molecule has 0 saturated carbocycles. The van der Waals surface area contributed by atoms with Gasteiger partial charge in [0, 0.05) is 35.8 Å². The van der Waals surface area contributed by atoms with Crippen LogP contribution in [0.5, 0.6) is 0 Å². The number of rotatable bonds is 3. The third-order valence-corrected chi connectivity index (χ3v) is 5.60. The van der Waals surface area contributed by atoms with Gasteiger partial charge in [0.1, 0.15) is 5.82 Å². The van der Waals surface area contributed by atoms with Gasteiger partial charge in [-0.25, -0.2) is 9.67 Å². The van der Waals surface area contributed by atoms with E-state index in [1.165, 1.54) is 5.69 Å². The number of aromatic nitrogens is 4. The molecule has 1 aliphatic rings. The predicted molar refractivity (Wildman–Crippen MR) is 106 cm³/mol. The molecule has 3 heterocycles. The van der Waals surface area contributed by atoms with E-state index in [9.17, 15) is 0 Å². The lowest BCUT2D eigenvalue weighted by Gasteiger charge is -2.33. The van der Waals surface area contributed by atoms with Gasteiger partial charge in [0.05, 0.1) is 28.4 Å². The second-order valence-electron chi connectivity index (χ2n) is 6.81. The van der Waals surface area contributed by atoms with Crippen LogP contribution in [0, 0.1) is 13.8 Å². The second kappa shape index (κ2) is 6.97. The van der Waals surface area contributed by atoms with Crippen molar-refractivity contribution in [1.82, 2.24) is 19.7 Å². The Morgan fingerprint density at radius 2 is 1.88 bits per heavy atom. The number of hydrogen-bond acceptors (Lipinski definition) is 3. The molecule has 136 valence electrons. The molecule has 0 atom stereocenters.